The molecule has 0 radical (unpaired) electrons. The van der Waals surface area contributed by atoms with Gasteiger partial charge in [0.25, 0.3) is 10.0 Å². The number of halogens is 2. The summed E-state index contributed by atoms with van der Waals surface area (Å²) in [6.07, 6.45) is 2.17. The first-order chi connectivity index (χ1) is 9.33. The highest BCUT2D eigenvalue weighted by Crippen LogP contribution is 2.23. The molecule has 0 aliphatic heterocycles. The maximum atomic E-state index is 13.4. The van der Waals surface area contributed by atoms with Crippen LogP contribution in [0.2, 0.25) is 0 Å². The molecule has 1 N–H and O–H groups in total. The Labute approximate surface area is 125 Å². The predicted octanol–water partition coefficient (Wildman–Crippen LogP) is 2.68. The molecule has 0 aliphatic rings. The van der Waals surface area contributed by atoms with Gasteiger partial charge in [-0.25, -0.2) is 12.8 Å². The van der Waals surface area contributed by atoms with Crippen molar-refractivity contribution in [2.45, 2.75) is 18.2 Å². The van der Waals surface area contributed by atoms with Gasteiger partial charge in [-0.1, -0.05) is 6.92 Å². The Balaban J connectivity index is 2.37. The Morgan fingerprint density at radius 3 is 2.75 bits per heavy atom. The van der Waals surface area contributed by atoms with Gasteiger partial charge in [-0.2, -0.15) is 5.10 Å². The average molecular weight is 362 g/mol. The standard InChI is InChI=1S/C12H13BrFN3O2S/c1-3-11-12(7-17(2)15-11)16-20(18,19)8-4-5-9(13)10(14)6-8/h4-7,16H,3H2,1-2H3. The third kappa shape index (κ3) is 3.01. The summed E-state index contributed by atoms with van der Waals surface area (Å²) in [5.74, 6) is -0.630. The second-order valence-corrected chi connectivity index (χ2v) is 6.73. The minimum atomic E-state index is -3.84. The lowest BCUT2D eigenvalue weighted by molar-refractivity contribution is 0.593. The van der Waals surface area contributed by atoms with Crippen molar-refractivity contribution >= 4 is 31.6 Å². The summed E-state index contributed by atoms with van der Waals surface area (Å²) in [4.78, 5) is -0.135. The van der Waals surface area contributed by atoms with Crippen LogP contribution in [-0.4, -0.2) is 18.2 Å². The van der Waals surface area contributed by atoms with E-state index in [1.165, 1.54) is 16.8 Å². The number of nitrogens with one attached hydrogen (secondary N) is 1. The fraction of sp³-hybridized carbons (Fsp3) is 0.250. The van der Waals surface area contributed by atoms with E-state index in [1.54, 1.807) is 13.2 Å². The van der Waals surface area contributed by atoms with Gasteiger partial charge in [-0.05, 0) is 40.5 Å². The zero-order valence-electron chi connectivity index (χ0n) is 10.9. The highest BCUT2D eigenvalue weighted by atomic mass is 79.9. The Hall–Kier alpha value is -1.41. The number of aryl methyl sites for hydroxylation is 2. The van der Waals surface area contributed by atoms with E-state index in [-0.39, 0.29) is 9.37 Å². The summed E-state index contributed by atoms with van der Waals surface area (Å²) < 4.78 is 42.0. The topological polar surface area (TPSA) is 64.0 Å². The number of benzene rings is 1. The van der Waals surface area contributed by atoms with Gasteiger partial charge in [0.05, 0.1) is 20.7 Å². The molecule has 20 heavy (non-hydrogen) atoms. The van der Waals surface area contributed by atoms with Gasteiger partial charge in [-0.3, -0.25) is 9.40 Å². The number of nitrogens with zero attached hydrogens (tertiary/aromatic N) is 2. The van der Waals surface area contributed by atoms with E-state index in [0.717, 1.165) is 6.07 Å². The van der Waals surface area contributed by atoms with Crippen LogP contribution < -0.4 is 4.72 Å². The molecule has 0 spiro atoms. The summed E-state index contributed by atoms with van der Waals surface area (Å²) in [6, 6.07) is 3.65. The molecule has 0 unspecified atom stereocenters. The lowest BCUT2D eigenvalue weighted by atomic mass is 10.3. The smallest absolute Gasteiger partial charge is 0.262 e. The first-order valence-electron chi connectivity index (χ1n) is 5.84. The van der Waals surface area contributed by atoms with Crippen molar-refractivity contribution in [3.05, 3.63) is 40.4 Å². The molecule has 1 aromatic carbocycles. The summed E-state index contributed by atoms with van der Waals surface area (Å²) in [6.45, 7) is 1.87. The molecule has 2 rings (SSSR count). The molecule has 0 atom stereocenters. The van der Waals surface area contributed by atoms with Gasteiger partial charge in [0, 0.05) is 13.2 Å². The van der Waals surface area contributed by atoms with Crippen molar-refractivity contribution in [2.24, 2.45) is 7.05 Å². The molecular weight excluding hydrogens is 349 g/mol. The normalized spacial score (nSPS) is 11.6. The minimum Gasteiger partial charge on any atom is -0.276 e. The fourth-order valence-corrected chi connectivity index (χ4v) is 3.06. The minimum absolute atomic E-state index is 0.135. The molecule has 8 heteroatoms. The Morgan fingerprint density at radius 1 is 1.45 bits per heavy atom. The zero-order valence-corrected chi connectivity index (χ0v) is 13.3. The molecule has 0 bridgehead atoms. The lowest BCUT2D eigenvalue weighted by Crippen LogP contribution is -2.13. The van der Waals surface area contributed by atoms with Gasteiger partial charge in [0.2, 0.25) is 0 Å². The number of anilines is 1. The number of sulfonamides is 1. The van der Waals surface area contributed by atoms with Crippen LogP contribution in [0.15, 0.2) is 33.8 Å². The summed E-state index contributed by atoms with van der Waals surface area (Å²) in [5, 5.41) is 4.15. The van der Waals surface area contributed by atoms with E-state index in [2.05, 4.69) is 25.8 Å². The average Bonchev–Trinajstić information content (AvgIpc) is 2.72. The summed E-state index contributed by atoms with van der Waals surface area (Å²) in [7, 11) is -2.13. The highest BCUT2D eigenvalue weighted by Gasteiger charge is 2.18. The molecule has 0 saturated carbocycles. The van der Waals surface area contributed by atoms with E-state index >= 15 is 0 Å². The second-order valence-electron chi connectivity index (χ2n) is 4.20. The maximum absolute atomic E-state index is 13.4. The van der Waals surface area contributed by atoms with E-state index < -0.39 is 15.8 Å². The molecule has 0 amide bonds. The van der Waals surface area contributed by atoms with E-state index in [0.29, 0.717) is 17.8 Å². The third-order valence-corrected chi connectivity index (χ3v) is 4.69. The van der Waals surface area contributed by atoms with E-state index in [4.69, 9.17) is 0 Å². The fourth-order valence-electron chi connectivity index (χ4n) is 1.73. The molecule has 0 fully saturated rings. The number of hydrogen-bond donors (Lipinski definition) is 1. The maximum Gasteiger partial charge on any atom is 0.262 e. The molecule has 0 saturated heterocycles. The van der Waals surface area contributed by atoms with Crippen LogP contribution in [0.3, 0.4) is 0 Å². The van der Waals surface area contributed by atoms with Gasteiger partial charge >= 0.3 is 0 Å². The third-order valence-electron chi connectivity index (χ3n) is 2.69. The Kier molecular flexibility index (Phi) is 4.14. The van der Waals surface area contributed by atoms with Crippen LogP contribution in [0.25, 0.3) is 0 Å². The zero-order chi connectivity index (χ0) is 14.9. The van der Waals surface area contributed by atoms with Crippen LogP contribution in [0, 0.1) is 5.82 Å². The largest absolute Gasteiger partial charge is 0.276 e. The van der Waals surface area contributed by atoms with Crippen molar-refractivity contribution in [1.29, 1.82) is 0 Å². The van der Waals surface area contributed by atoms with Crippen LogP contribution in [-0.2, 0) is 23.5 Å². The van der Waals surface area contributed by atoms with Crippen LogP contribution in [0.5, 0.6) is 0 Å². The number of aromatic nitrogens is 2. The molecule has 1 aromatic heterocycles. The first-order valence-corrected chi connectivity index (χ1v) is 8.11. The van der Waals surface area contributed by atoms with Crippen LogP contribution in [0.1, 0.15) is 12.6 Å². The second kappa shape index (κ2) is 5.53. The molecule has 108 valence electrons. The summed E-state index contributed by atoms with van der Waals surface area (Å²) >= 11 is 2.99. The molecule has 1 heterocycles. The summed E-state index contributed by atoms with van der Waals surface area (Å²) in [5.41, 5.74) is 1.03. The Bertz CT molecular complexity index is 743. The van der Waals surface area contributed by atoms with Gasteiger partial charge in [0.15, 0.2) is 0 Å². The van der Waals surface area contributed by atoms with Gasteiger partial charge < -0.3 is 0 Å². The number of hydrogen-bond acceptors (Lipinski definition) is 3. The van der Waals surface area contributed by atoms with Crippen molar-refractivity contribution < 1.29 is 12.8 Å². The first kappa shape index (κ1) is 15.0. The lowest BCUT2D eigenvalue weighted by Gasteiger charge is -2.08. The van der Waals surface area contributed by atoms with Gasteiger partial charge in [-0.15, -0.1) is 0 Å². The van der Waals surface area contributed by atoms with Crippen LogP contribution in [0.4, 0.5) is 10.1 Å². The van der Waals surface area contributed by atoms with Crippen molar-refractivity contribution in [2.75, 3.05) is 4.72 Å². The van der Waals surface area contributed by atoms with E-state index in [1.807, 2.05) is 6.92 Å². The van der Waals surface area contributed by atoms with Crippen molar-refractivity contribution in [3.8, 4) is 0 Å². The van der Waals surface area contributed by atoms with Crippen molar-refractivity contribution in [3.63, 3.8) is 0 Å². The highest BCUT2D eigenvalue weighted by molar-refractivity contribution is 9.10. The quantitative estimate of drug-likeness (QED) is 0.910. The van der Waals surface area contributed by atoms with Crippen molar-refractivity contribution in [1.82, 2.24) is 9.78 Å². The molecule has 2 aromatic rings. The Morgan fingerprint density at radius 2 is 2.15 bits per heavy atom. The molecule has 0 aliphatic carbocycles. The monoisotopic (exact) mass is 361 g/mol. The number of rotatable bonds is 4. The van der Waals surface area contributed by atoms with Crippen LogP contribution >= 0.6 is 15.9 Å². The van der Waals surface area contributed by atoms with E-state index in [9.17, 15) is 12.8 Å². The predicted molar refractivity (Wildman–Crippen MR) is 77.5 cm³/mol. The molecule has 5 nitrogen and oxygen atoms in total. The van der Waals surface area contributed by atoms with Gasteiger partial charge in [0.1, 0.15) is 5.82 Å². The SMILES string of the molecule is CCc1nn(C)cc1NS(=O)(=O)c1ccc(Br)c(F)c1. The molecular formula is C12H13BrFN3O2S.